The van der Waals surface area contributed by atoms with Crippen LogP contribution in [0.15, 0.2) is 46.8 Å². The SMILES string of the molecule is CC[C@H]1OC(=O)[C@H](C)C(=O)[C@H](C)[C@@H](O[C@@H]2O[C@H](C)C[C@H](N(C)C)[C@H]2O)[C@@]2(C)C[C@@H](C)C3=NC(=O)C(Cc4ccc(-c5cccnc5)s4)O/N=C(\CO[C@@H]([C@@H]3C)[C@]1(C)O)CO2. The molecule has 2 aromatic rings. The molecule has 6 heterocycles. The fourth-order valence-electron chi connectivity index (χ4n) is 9.27. The predicted octanol–water partition coefficient (Wildman–Crippen LogP) is 4.65. The molecule has 60 heavy (non-hydrogen) atoms. The summed E-state index contributed by atoms with van der Waals surface area (Å²) < 4.78 is 32.5. The van der Waals surface area contributed by atoms with Crippen molar-refractivity contribution in [2.24, 2.45) is 33.8 Å². The highest BCUT2D eigenvalue weighted by Crippen LogP contribution is 2.40. The summed E-state index contributed by atoms with van der Waals surface area (Å²) in [6.45, 7) is 13.5. The molecule has 1 amide bonds. The lowest BCUT2D eigenvalue weighted by molar-refractivity contribution is -0.296. The number of Topliss-reactive ketones (excluding diaryl/α,β-unsaturated/α-hetero) is 1. The quantitative estimate of drug-likeness (QED) is 0.290. The second kappa shape index (κ2) is 18.9. The Hall–Kier alpha value is -3.48. The van der Waals surface area contributed by atoms with Crippen LogP contribution in [0.3, 0.4) is 0 Å². The number of ether oxygens (including phenoxy) is 5. The molecule has 1 unspecified atom stereocenters. The molecule has 0 radical (unpaired) electrons. The summed E-state index contributed by atoms with van der Waals surface area (Å²) in [5.74, 6) is -5.40. The normalized spacial score (nSPS) is 39.5. The van der Waals surface area contributed by atoms with Crippen LogP contribution >= 0.6 is 11.3 Å². The summed E-state index contributed by atoms with van der Waals surface area (Å²) in [4.78, 5) is 61.8. The van der Waals surface area contributed by atoms with Gasteiger partial charge in [-0.05, 0) is 85.2 Å². The first-order valence-corrected chi connectivity index (χ1v) is 21.9. The van der Waals surface area contributed by atoms with Gasteiger partial charge in [-0.25, -0.2) is 4.99 Å². The highest BCUT2D eigenvalue weighted by atomic mass is 32.1. The zero-order chi connectivity index (χ0) is 43.7. The number of aliphatic imine (C=N–C) groups is 1. The molecule has 16 heteroatoms. The van der Waals surface area contributed by atoms with E-state index in [4.69, 9.17) is 33.5 Å². The minimum atomic E-state index is -1.83. The van der Waals surface area contributed by atoms with Crippen LogP contribution in [0.25, 0.3) is 10.4 Å². The van der Waals surface area contributed by atoms with Gasteiger partial charge in [-0.3, -0.25) is 19.4 Å². The number of aromatic nitrogens is 1. The number of aliphatic hydroxyl groups excluding tert-OH is 1. The molecule has 0 saturated carbocycles. The molecule has 330 valence electrons. The Labute approximate surface area is 356 Å². The number of thiophene rings is 1. The number of esters is 1. The molecule has 4 aliphatic heterocycles. The van der Waals surface area contributed by atoms with Crippen LogP contribution in [0.4, 0.5) is 0 Å². The number of aliphatic hydroxyl groups is 2. The number of oxime groups is 1. The maximum atomic E-state index is 14.5. The standard InChI is InChI=1S/C44H62N4O11S/c1-11-34-44(8,53)39-25(4)35-23(2)19-43(7,38(26(5)36(49)27(6)41(52)57-34)58-42-37(50)31(48(9)10)17-24(3)56-42)55-22-29(21-54-39)47-59-32(40(51)46-35)18-30-14-15-33(60-30)28-13-12-16-45-20-28/h12-16,20,23-27,31-32,34,37-39,42,50,53H,11,17-19,21-22H2,1-10H3/b46-35?,47-29+/t23-,24-,25-,26+,27-,31+,32?,34-,37-,38-,39+,42+,43-,44-/m1/s1. The van der Waals surface area contributed by atoms with Gasteiger partial charge in [0.05, 0.1) is 37.1 Å². The van der Waals surface area contributed by atoms with Crippen molar-refractivity contribution in [2.45, 2.75) is 141 Å². The van der Waals surface area contributed by atoms with Gasteiger partial charge in [-0.15, -0.1) is 11.3 Å². The van der Waals surface area contributed by atoms with Crippen molar-refractivity contribution in [3.8, 4) is 10.4 Å². The zero-order valence-electron chi connectivity index (χ0n) is 36.4. The number of likely N-dealkylation sites (N-methyl/N-ethyl adjacent to an activating group) is 1. The fraction of sp³-hybridized carbons (Fsp3) is 0.682. The van der Waals surface area contributed by atoms with Crippen LogP contribution < -0.4 is 0 Å². The van der Waals surface area contributed by atoms with E-state index in [0.717, 1.165) is 15.3 Å². The average molecular weight is 855 g/mol. The van der Waals surface area contributed by atoms with Gasteiger partial charge in [-0.2, -0.15) is 0 Å². The maximum absolute atomic E-state index is 14.5. The predicted molar refractivity (Wildman–Crippen MR) is 224 cm³/mol. The van der Waals surface area contributed by atoms with Crippen molar-refractivity contribution < 1.29 is 53.1 Å². The van der Waals surface area contributed by atoms with Gasteiger partial charge >= 0.3 is 5.97 Å². The summed E-state index contributed by atoms with van der Waals surface area (Å²) in [6.07, 6.45) is -2.40. The highest BCUT2D eigenvalue weighted by molar-refractivity contribution is 7.15. The molecule has 15 nitrogen and oxygen atoms in total. The molecule has 2 aromatic heterocycles. The molecular formula is C44H62N4O11S. The lowest BCUT2D eigenvalue weighted by atomic mass is 9.73. The number of rotatable bonds is 7. The molecule has 14 atom stereocenters. The van der Waals surface area contributed by atoms with Gasteiger partial charge in [0, 0.05) is 57.7 Å². The van der Waals surface area contributed by atoms with Crippen LogP contribution in [0, 0.1) is 23.7 Å². The van der Waals surface area contributed by atoms with E-state index in [2.05, 4.69) is 10.1 Å². The lowest BCUT2D eigenvalue weighted by Crippen LogP contribution is -2.60. The Kier molecular flexibility index (Phi) is 14.5. The molecular weight excluding hydrogens is 793 g/mol. The van der Waals surface area contributed by atoms with E-state index in [9.17, 15) is 24.6 Å². The number of nitrogens with zero attached hydrogens (tertiary/aromatic N) is 4. The first-order valence-electron chi connectivity index (χ1n) is 21.0. The van der Waals surface area contributed by atoms with E-state index in [1.807, 2.05) is 71.0 Å². The van der Waals surface area contributed by atoms with E-state index >= 15 is 0 Å². The maximum Gasteiger partial charge on any atom is 0.316 e. The van der Waals surface area contributed by atoms with E-state index in [1.165, 1.54) is 25.2 Å². The Morgan fingerprint density at radius 3 is 2.47 bits per heavy atom. The van der Waals surface area contributed by atoms with E-state index in [0.29, 0.717) is 12.1 Å². The summed E-state index contributed by atoms with van der Waals surface area (Å²) >= 11 is 1.51. The van der Waals surface area contributed by atoms with Crippen molar-refractivity contribution in [1.29, 1.82) is 0 Å². The second-order valence-corrected chi connectivity index (χ2v) is 18.8. The van der Waals surface area contributed by atoms with Crippen molar-refractivity contribution >= 4 is 40.4 Å². The Bertz CT molecular complexity index is 1900. The van der Waals surface area contributed by atoms with Gasteiger partial charge in [0.25, 0.3) is 5.91 Å². The highest BCUT2D eigenvalue weighted by Gasteiger charge is 2.53. The Morgan fingerprint density at radius 2 is 1.78 bits per heavy atom. The molecule has 3 fully saturated rings. The van der Waals surface area contributed by atoms with Gasteiger partial charge in [-0.1, -0.05) is 38.9 Å². The Balaban J connectivity index is 1.48. The van der Waals surface area contributed by atoms with Crippen LogP contribution in [-0.4, -0.2) is 137 Å². The van der Waals surface area contributed by atoms with Crippen molar-refractivity contribution in [3.05, 3.63) is 41.5 Å². The average Bonchev–Trinajstić information content (AvgIpc) is 3.67. The van der Waals surface area contributed by atoms with Gasteiger partial charge in [0.1, 0.15) is 29.4 Å². The number of cyclic esters (lactones) is 1. The van der Waals surface area contributed by atoms with Gasteiger partial charge in [0.2, 0.25) is 6.10 Å². The Morgan fingerprint density at radius 1 is 1.03 bits per heavy atom. The third-order valence-electron chi connectivity index (χ3n) is 12.7. The molecule has 0 spiro atoms. The van der Waals surface area contributed by atoms with Crippen LogP contribution in [0.5, 0.6) is 0 Å². The van der Waals surface area contributed by atoms with Crippen LogP contribution in [0.1, 0.15) is 79.5 Å². The first kappa shape index (κ1) is 46.0. The number of ketones is 1. The topological polar surface area (TPSA) is 188 Å². The van der Waals surface area contributed by atoms with Gasteiger partial charge < -0.3 is 43.6 Å². The van der Waals surface area contributed by atoms with Gasteiger partial charge in [0.15, 0.2) is 12.1 Å². The minimum absolute atomic E-state index is 0.157. The van der Waals surface area contributed by atoms with Crippen LogP contribution in [-0.2, 0) is 49.3 Å². The van der Waals surface area contributed by atoms with Crippen LogP contribution in [0.2, 0.25) is 0 Å². The number of fused-ring (bicyclic) bond motifs is 4. The molecule has 2 N–H and O–H groups in total. The summed E-state index contributed by atoms with van der Waals surface area (Å²) in [7, 11) is 3.75. The van der Waals surface area contributed by atoms with Crippen molar-refractivity contribution in [3.63, 3.8) is 0 Å². The third kappa shape index (κ3) is 9.76. The number of carbonyl (C=O) groups is 3. The largest absolute Gasteiger partial charge is 0.459 e. The number of pyridine rings is 1. The molecule has 0 aliphatic carbocycles. The molecule has 4 bridgehead atoms. The first-order chi connectivity index (χ1) is 28.3. The van der Waals surface area contributed by atoms with E-state index in [1.54, 1.807) is 26.2 Å². The summed E-state index contributed by atoms with van der Waals surface area (Å²) in [5.41, 5.74) is -1.60. The fourth-order valence-corrected chi connectivity index (χ4v) is 10.3. The minimum Gasteiger partial charge on any atom is -0.459 e. The molecule has 4 aliphatic rings. The zero-order valence-corrected chi connectivity index (χ0v) is 37.2. The lowest BCUT2D eigenvalue weighted by Gasteiger charge is -2.47. The monoisotopic (exact) mass is 854 g/mol. The van der Waals surface area contributed by atoms with Crippen molar-refractivity contribution in [2.75, 3.05) is 27.3 Å². The second-order valence-electron chi connectivity index (χ2n) is 17.7. The third-order valence-corrected chi connectivity index (χ3v) is 13.8. The summed E-state index contributed by atoms with van der Waals surface area (Å²) in [6, 6.07) is 7.44. The number of hydrogen-bond acceptors (Lipinski definition) is 15. The number of carbonyl (C=O) groups excluding carboxylic acids is 3. The molecule has 6 rings (SSSR count). The van der Waals surface area contributed by atoms with Crippen molar-refractivity contribution in [1.82, 2.24) is 9.88 Å². The smallest absolute Gasteiger partial charge is 0.316 e. The van der Waals surface area contributed by atoms with E-state index < -0.39 is 89.3 Å². The summed E-state index contributed by atoms with van der Waals surface area (Å²) in [5, 5.41) is 28.6. The molecule has 0 aromatic carbocycles. The number of amides is 1. The van der Waals surface area contributed by atoms with E-state index in [-0.39, 0.29) is 50.3 Å². The number of hydrogen-bond donors (Lipinski definition) is 2. The molecule has 3 saturated heterocycles.